The van der Waals surface area contributed by atoms with Gasteiger partial charge in [-0.3, -0.25) is 4.68 Å². The molecule has 0 aliphatic rings. The van der Waals surface area contributed by atoms with E-state index in [1.54, 1.807) is 0 Å². The maximum absolute atomic E-state index is 11.9. The van der Waals surface area contributed by atoms with Crippen LogP contribution in [0.25, 0.3) is 0 Å². The Bertz CT molecular complexity index is 282. The van der Waals surface area contributed by atoms with Crippen LogP contribution in [0.2, 0.25) is 0 Å². The van der Waals surface area contributed by atoms with Gasteiger partial charge in [0.25, 0.3) is 0 Å². The third kappa shape index (κ3) is 3.08. The second-order valence-corrected chi connectivity index (χ2v) is 3.34. The molecular weight excluding hydrogens is 228 g/mol. The van der Waals surface area contributed by atoms with Gasteiger partial charge in [0.1, 0.15) is 11.4 Å². The Morgan fingerprint density at radius 2 is 2.15 bits per heavy atom. The van der Waals surface area contributed by atoms with Crippen molar-refractivity contribution in [2.75, 3.05) is 0 Å². The highest BCUT2D eigenvalue weighted by molar-refractivity contribution is 6.43. The van der Waals surface area contributed by atoms with E-state index in [1.165, 1.54) is 0 Å². The second kappa shape index (κ2) is 3.75. The maximum atomic E-state index is 11.9. The van der Waals surface area contributed by atoms with E-state index in [4.69, 9.17) is 23.2 Å². The molecule has 0 aromatic carbocycles. The highest BCUT2D eigenvalue weighted by atomic mass is 35.5. The molecule has 7 heteroatoms. The van der Waals surface area contributed by atoms with E-state index in [0.717, 1.165) is 6.20 Å². The topological polar surface area (TPSA) is 17.8 Å². The van der Waals surface area contributed by atoms with E-state index < -0.39 is 17.6 Å². The molecule has 0 bridgehead atoms. The fourth-order valence-electron chi connectivity index (χ4n) is 0.773. The summed E-state index contributed by atoms with van der Waals surface area (Å²) >= 11 is 10.8. The van der Waals surface area contributed by atoms with Gasteiger partial charge in [-0.1, -0.05) is 23.2 Å². The molecule has 2 nitrogen and oxygen atoms in total. The Labute approximate surface area is 82.2 Å². The Morgan fingerprint density at radius 3 is 2.62 bits per heavy atom. The lowest BCUT2D eigenvalue weighted by atomic mass is 10.4. The van der Waals surface area contributed by atoms with E-state index in [2.05, 4.69) is 11.2 Å². The van der Waals surface area contributed by atoms with Crippen LogP contribution < -0.4 is 0 Å². The summed E-state index contributed by atoms with van der Waals surface area (Å²) in [4.78, 5) is -1.05. The Morgan fingerprint density at radius 1 is 1.54 bits per heavy atom. The van der Waals surface area contributed by atoms with Crippen molar-refractivity contribution < 1.29 is 13.2 Å². The van der Waals surface area contributed by atoms with Crippen LogP contribution in [-0.4, -0.2) is 16.0 Å². The summed E-state index contributed by atoms with van der Waals surface area (Å²) in [6.07, 6.45) is -3.24. The van der Waals surface area contributed by atoms with Gasteiger partial charge in [-0.15, -0.1) is 0 Å². The quantitative estimate of drug-likeness (QED) is 0.716. The molecule has 13 heavy (non-hydrogen) atoms. The van der Waals surface area contributed by atoms with E-state index in [0.29, 0.717) is 4.68 Å². The zero-order valence-electron chi connectivity index (χ0n) is 6.15. The molecule has 1 aromatic rings. The third-order valence-electron chi connectivity index (χ3n) is 1.22. The number of hydrogen-bond acceptors (Lipinski definition) is 1. The van der Waals surface area contributed by atoms with Gasteiger partial charge in [-0.25, -0.2) is 0 Å². The van der Waals surface area contributed by atoms with Crippen LogP contribution in [0, 0.1) is 6.07 Å². The minimum Gasteiger partial charge on any atom is -0.257 e. The maximum Gasteiger partial charge on any atom is 0.408 e. The minimum atomic E-state index is -4.34. The first-order valence-electron chi connectivity index (χ1n) is 3.18. The smallest absolute Gasteiger partial charge is 0.257 e. The summed E-state index contributed by atoms with van der Waals surface area (Å²) in [6, 6.07) is 2.42. The predicted octanol–water partition coefficient (Wildman–Crippen LogP) is 2.72. The van der Waals surface area contributed by atoms with Gasteiger partial charge in [-0.05, 0) is 0 Å². The Hall–Kier alpha value is -0.420. The summed E-state index contributed by atoms with van der Waals surface area (Å²) in [5.41, 5.74) is 0.0145. The molecule has 0 aliphatic heterocycles. The molecule has 1 rings (SSSR count). The first kappa shape index (κ1) is 10.7. The number of hydrogen-bond donors (Lipinski definition) is 0. The number of alkyl halides is 5. The average Bonchev–Trinajstić information content (AvgIpc) is 2.31. The average molecular weight is 232 g/mol. The van der Waals surface area contributed by atoms with Crippen molar-refractivity contribution >= 4 is 23.2 Å². The molecule has 0 aliphatic carbocycles. The largest absolute Gasteiger partial charge is 0.408 e. The van der Waals surface area contributed by atoms with Crippen LogP contribution in [0.4, 0.5) is 13.2 Å². The van der Waals surface area contributed by atoms with Gasteiger partial charge in [0.15, 0.2) is 0 Å². The molecule has 0 N–H and O–H groups in total. The number of nitrogens with zero attached hydrogens (tertiary/aromatic N) is 2. The first-order chi connectivity index (χ1) is 5.90. The molecular formula is C6H4Cl2F3N2. The van der Waals surface area contributed by atoms with Crippen molar-refractivity contribution in [1.29, 1.82) is 0 Å². The lowest BCUT2D eigenvalue weighted by molar-refractivity contribution is -0.143. The zero-order chi connectivity index (χ0) is 10.1. The van der Waals surface area contributed by atoms with Crippen LogP contribution in [0.15, 0.2) is 6.20 Å². The number of aromatic nitrogens is 2. The lowest BCUT2D eigenvalue weighted by Gasteiger charge is -2.09. The van der Waals surface area contributed by atoms with Gasteiger partial charge in [0.05, 0.1) is 11.9 Å². The molecule has 0 saturated heterocycles. The van der Waals surface area contributed by atoms with Gasteiger partial charge < -0.3 is 0 Å². The lowest BCUT2D eigenvalue weighted by Crippen LogP contribution is -2.20. The van der Waals surface area contributed by atoms with E-state index in [9.17, 15) is 13.2 Å². The molecule has 0 unspecified atom stereocenters. The monoisotopic (exact) mass is 231 g/mol. The van der Waals surface area contributed by atoms with Crippen LogP contribution in [-0.2, 0) is 6.54 Å². The highest BCUT2D eigenvalue weighted by Crippen LogP contribution is 2.26. The number of rotatable bonds is 2. The highest BCUT2D eigenvalue weighted by Gasteiger charge is 2.30. The fourth-order valence-corrected chi connectivity index (χ4v) is 1.12. The normalized spacial score (nSPS) is 12.5. The molecule has 1 heterocycles. The van der Waals surface area contributed by atoms with Crippen molar-refractivity contribution in [2.24, 2.45) is 0 Å². The third-order valence-corrected chi connectivity index (χ3v) is 1.64. The zero-order valence-corrected chi connectivity index (χ0v) is 7.66. The summed E-state index contributed by atoms with van der Waals surface area (Å²) in [6.45, 7) is -1.21. The van der Waals surface area contributed by atoms with E-state index in [-0.39, 0.29) is 5.69 Å². The van der Waals surface area contributed by atoms with Crippen molar-refractivity contribution in [3.8, 4) is 0 Å². The summed E-state index contributed by atoms with van der Waals surface area (Å²) in [5.74, 6) is 0. The van der Waals surface area contributed by atoms with Crippen molar-refractivity contribution in [1.82, 2.24) is 9.78 Å². The van der Waals surface area contributed by atoms with Crippen LogP contribution in [0.3, 0.4) is 0 Å². The number of halogens is 5. The van der Waals surface area contributed by atoms with Crippen LogP contribution in [0.5, 0.6) is 0 Å². The molecule has 0 atom stereocenters. The molecule has 0 saturated carbocycles. The Balaban J connectivity index is 2.83. The molecule has 0 fully saturated rings. The predicted molar refractivity (Wildman–Crippen MR) is 41.6 cm³/mol. The fraction of sp³-hybridized carbons (Fsp3) is 0.500. The molecule has 0 amide bonds. The molecule has 1 aromatic heterocycles. The van der Waals surface area contributed by atoms with Crippen molar-refractivity contribution in [3.63, 3.8) is 0 Å². The molecule has 1 radical (unpaired) electrons. The van der Waals surface area contributed by atoms with E-state index in [1.807, 2.05) is 0 Å². The van der Waals surface area contributed by atoms with E-state index >= 15 is 0 Å². The minimum absolute atomic E-state index is 0.0145. The standard InChI is InChI=1S/C6H4Cl2F3N2/c7-5(8)4-1-2-12-13(4)3-6(9,10)11/h2,5H,3H2. The molecule has 0 spiro atoms. The van der Waals surface area contributed by atoms with Crippen LogP contribution in [0.1, 0.15) is 10.5 Å². The van der Waals surface area contributed by atoms with Crippen molar-refractivity contribution in [3.05, 3.63) is 18.0 Å². The molecule has 73 valence electrons. The summed E-state index contributed by atoms with van der Waals surface area (Å²) in [7, 11) is 0. The van der Waals surface area contributed by atoms with Gasteiger partial charge in [0, 0.05) is 6.07 Å². The Kier molecular flexibility index (Phi) is 3.08. The van der Waals surface area contributed by atoms with Crippen molar-refractivity contribution in [2.45, 2.75) is 17.6 Å². The SMILES string of the molecule is FC(F)(F)Cn1nc[c]c1C(Cl)Cl. The summed E-state index contributed by atoms with van der Waals surface area (Å²) < 4.78 is 36.4. The van der Waals surface area contributed by atoms with Gasteiger partial charge in [0.2, 0.25) is 0 Å². The van der Waals surface area contributed by atoms with Gasteiger partial charge in [-0.2, -0.15) is 18.3 Å². The summed E-state index contributed by atoms with van der Waals surface area (Å²) in [5, 5.41) is 3.40. The second-order valence-electron chi connectivity index (χ2n) is 2.25. The first-order valence-corrected chi connectivity index (χ1v) is 4.06. The van der Waals surface area contributed by atoms with Gasteiger partial charge >= 0.3 is 6.18 Å². The van der Waals surface area contributed by atoms with Crippen LogP contribution >= 0.6 is 23.2 Å².